The Morgan fingerprint density at radius 3 is 2.78 bits per heavy atom. The summed E-state index contributed by atoms with van der Waals surface area (Å²) < 4.78 is 5.35. The molecule has 2 N–H and O–H groups in total. The van der Waals surface area contributed by atoms with Crippen LogP contribution in [0.25, 0.3) is 10.9 Å². The smallest absolute Gasteiger partial charge is 0.303 e. The van der Waals surface area contributed by atoms with Crippen molar-refractivity contribution in [3.63, 3.8) is 0 Å². The minimum atomic E-state index is -0.713. The average Bonchev–Trinajstić information content (AvgIpc) is 3.30. The maximum atomic E-state index is 11.5. The number of hydrogen-bond donors (Lipinski definition) is 2. The lowest BCUT2D eigenvalue weighted by molar-refractivity contribution is -0.139. The Labute approximate surface area is 190 Å². The molecule has 4 rings (SSSR count). The first-order valence-electron chi connectivity index (χ1n) is 12.1. The van der Waals surface area contributed by atoms with E-state index in [4.69, 9.17) is 4.74 Å². The number of pyridine rings is 1. The van der Waals surface area contributed by atoms with E-state index in [9.17, 15) is 15.0 Å². The highest BCUT2D eigenvalue weighted by Crippen LogP contribution is 2.36. The van der Waals surface area contributed by atoms with Crippen LogP contribution < -0.4 is 4.74 Å². The predicted octanol–water partition coefficient (Wildman–Crippen LogP) is 4.66. The Bertz CT molecular complexity index is 912. The number of methoxy groups -OCH3 is 1. The number of piperidine rings is 1. The highest BCUT2D eigenvalue weighted by Gasteiger charge is 2.32. The molecule has 1 saturated heterocycles. The van der Waals surface area contributed by atoms with Crippen molar-refractivity contribution < 1.29 is 19.7 Å². The molecule has 2 fully saturated rings. The topological polar surface area (TPSA) is 82.9 Å². The largest absolute Gasteiger partial charge is 0.497 e. The molecule has 0 spiro atoms. The lowest BCUT2D eigenvalue weighted by Crippen LogP contribution is -2.43. The fourth-order valence-corrected chi connectivity index (χ4v) is 5.81. The third-order valence-electron chi connectivity index (χ3n) is 7.56. The molecule has 2 heterocycles. The van der Waals surface area contributed by atoms with Crippen molar-refractivity contribution in [1.82, 2.24) is 9.88 Å². The summed E-state index contributed by atoms with van der Waals surface area (Å²) in [5.74, 6) is 1.31. The Balaban J connectivity index is 1.40. The summed E-state index contributed by atoms with van der Waals surface area (Å²) in [6.45, 7) is 3.04. The van der Waals surface area contributed by atoms with E-state index < -0.39 is 12.1 Å². The molecule has 2 aromatic rings. The van der Waals surface area contributed by atoms with Gasteiger partial charge < -0.3 is 19.8 Å². The molecule has 0 bridgehead atoms. The molecule has 0 radical (unpaired) electrons. The van der Waals surface area contributed by atoms with Gasteiger partial charge in [-0.05, 0) is 86.2 Å². The number of aromatic nitrogens is 1. The molecule has 6 heteroatoms. The van der Waals surface area contributed by atoms with Crippen molar-refractivity contribution in [3.05, 3.63) is 36.0 Å². The molecule has 1 aromatic carbocycles. The third kappa shape index (κ3) is 5.59. The third-order valence-corrected chi connectivity index (χ3v) is 7.56. The first kappa shape index (κ1) is 23.0. The van der Waals surface area contributed by atoms with Gasteiger partial charge in [0.05, 0.1) is 18.7 Å². The molecular formula is C26H36N2O4. The van der Waals surface area contributed by atoms with E-state index >= 15 is 0 Å². The van der Waals surface area contributed by atoms with E-state index in [0.29, 0.717) is 12.3 Å². The molecule has 1 aromatic heterocycles. The average molecular weight is 441 g/mol. The molecule has 0 unspecified atom stereocenters. The minimum absolute atomic E-state index is 0.157. The number of aliphatic carboxylic acids is 1. The van der Waals surface area contributed by atoms with Crippen LogP contribution in [0.5, 0.6) is 5.75 Å². The maximum Gasteiger partial charge on any atom is 0.303 e. The van der Waals surface area contributed by atoms with Crippen molar-refractivity contribution in [2.45, 2.75) is 57.5 Å². The van der Waals surface area contributed by atoms with Crippen molar-refractivity contribution in [1.29, 1.82) is 0 Å². The summed E-state index contributed by atoms with van der Waals surface area (Å²) in [6.07, 6.45) is 9.15. The normalized spacial score (nSPS) is 23.4. The Morgan fingerprint density at radius 2 is 2.03 bits per heavy atom. The first-order chi connectivity index (χ1) is 15.5. The zero-order chi connectivity index (χ0) is 22.5. The molecule has 6 nitrogen and oxygen atoms in total. The summed E-state index contributed by atoms with van der Waals surface area (Å²) in [4.78, 5) is 18.5. The van der Waals surface area contributed by atoms with Crippen LogP contribution in [0.2, 0.25) is 0 Å². The fourth-order valence-electron chi connectivity index (χ4n) is 5.81. The quantitative estimate of drug-likeness (QED) is 0.590. The summed E-state index contributed by atoms with van der Waals surface area (Å²) in [5.41, 5.74) is 1.70. The van der Waals surface area contributed by atoms with Crippen molar-refractivity contribution in [3.8, 4) is 5.75 Å². The number of aliphatic hydroxyl groups is 1. The van der Waals surface area contributed by atoms with Gasteiger partial charge in [-0.25, -0.2) is 0 Å². The highest BCUT2D eigenvalue weighted by molar-refractivity contribution is 5.83. The van der Waals surface area contributed by atoms with Gasteiger partial charge in [-0.2, -0.15) is 0 Å². The number of rotatable bonds is 9. The number of ether oxygens (including phenoxy) is 1. The minimum Gasteiger partial charge on any atom is -0.497 e. The number of carboxylic acids is 1. The molecule has 174 valence electrons. The van der Waals surface area contributed by atoms with E-state index in [-0.39, 0.29) is 12.3 Å². The van der Waals surface area contributed by atoms with E-state index in [1.807, 2.05) is 24.3 Å². The molecular weight excluding hydrogens is 404 g/mol. The molecule has 3 atom stereocenters. The van der Waals surface area contributed by atoms with Gasteiger partial charge in [-0.3, -0.25) is 9.78 Å². The van der Waals surface area contributed by atoms with Crippen LogP contribution >= 0.6 is 0 Å². The van der Waals surface area contributed by atoms with Gasteiger partial charge in [-0.15, -0.1) is 0 Å². The van der Waals surface area contributed by atoms with E-state index in [2.05, 4.69) is 9.88 Å². The number of hydrogen-bond acceptors (Lipinski definition) is 5. The zero-order valence-electron chi connectivity index (χ0n) is 19.1. The molecule has 1 saturated carbocycles. The van der Waals surface area contributed by atoms with E-state index in [1.165, 1.54) is 25.7 Å². The van der Waals surface area contributed by atoms with Gasteiger partial charge in [0.25, 0.3) is 0 Å². The standard InChI is InChI=1S/C26H36N2O4/c1-32-21-7-8-24-23(15-21)22(10-12-27-24)25(29)9-6-19-11-13-28(16-18-4-2-3-5-18)17-20(19)14-26(30)31/h7-8,10,12,15,18-20,25,29H,2-6,9,11,13-14,16-17H2,1H3,(H,30,31)/t19-,20+,25-/m1/s1. The molecule has 2 aliphatic rings. The van der Waals surface area contributed by atoms with Crippen LogP contribution in [0.15, 0.2) is 30.5 Å². The van der Waals surface area contributed by atoms with Crippen LogP contribution in [0, 0.1) is 17.8 Å². The van der Waals surface area contributed by atoms with Gasteiger partial charge in [0.15, 0.2) is 0 Å². The fraction of sp³-hybridized carbons (Fsp3) is 0.615. The van der Waals surface area contributed by atoms with Crippen LogP contribution in [-0.4, -0.2) is 52.8 Å². The molecule has 0 amide bonds. The second kappa shape index (κ2) is 10.6. The van der Waals surface area contributed by atoms with Crippen LogP contribution in [0.3, 0.4) is 0 Å². The Hall–Kier alpha value is -2.18. The monoisotopic (exact) mass is 440 g/mol. The second-order valence-electron chi connectivity index (χ2n) is 9.69. The second-order valence-corrected chi connectivity index (χ2v) is 9.69. The molecule has 1 aliphatic heterocycles. The maximum absolute atomic E-state index is 11.5. The van der Waals surface area contributed by atoms with Gasteiger partial charge in [-0.1, -0.05) is 12.8 Å². The number of benzene rings is 1. The predicted molar refractivity (Wildman–Crippen MR) is 125 cm³/mol. The van der Waals surface area contributed by atoms with Gasteiger partial charge >= 0.3 is 5.97 Å². The van der Waals surface area contributed by atoms with Gasteiger partial charge in [0, 0.05) is 31.1 Å². The first-order valence-corrected chi connectivity index (χ1v) is 12.1. The summed E-state index contributed by atoms with van der Waals surface area (Å²) in [6, 6.07) is 7.59. The lowest BCUT2D eigenvalue weighted by atomic mass is 9.79. The summed E-state index contributed by atoms with van der Waals surface area (Å²) in [5, 5.41) is 21.4. The van der Waals surface area contributed by atoms with Crippen molar-refractivity contribution in [2.24, 2.45) is 17.8 Å². The number of fused-ring (bicyclic) bond motifs is 1. The summed E-state index contributed by atoms with van der Waals surface area (Å²) >= 11 is 0. The Kier molecular flexibility index (Phi) is 7.63. The molecule has 32 heavy (non-hydrogen) atoms. The number of carbonyl (C=O) groups is 1. The number of carboxylic acid groups (broad SMARTS) is 1. The number of aliphatic hydroxyl groups excluding tert-OH is 1. The highest BCUT2D eigenvalue weighted by atomic mass is 16.5. The number of nitrogens with zero attached hydrogens (tertiary/aromatic N) is 2. The zero-order valence-corrected chi connectivity index (χ0v) is 19.1. The SMILES string of the molecule is COc1ccc2nccc([C@H](O)CC[C@@H]3CCN(CC4CCCC4)C[C@@H]3CC(=O)O)c2c1. The lowest BCUT2D eigenvalue weighted by Gasteiger charge is -2.39. The van der Waals surface area contributed by atoms with Crippen LogP contribution in [0.4, 0.5) is 0 Å². The van der Waals surface area contributed by atoms with E-state index in [1.54, 1.807) is 13.3 Å². The van der Waals surface area contributed by atoms with Gasteiger partial charge in [0.1, 0.15) is 5.75 Å². The number of likely N-dealkylation sites (tertiary alicyclic amines) is 1. The van der Waals surface area contributed by atoms with Crippen molar-refractivity contribution in [2.75, 3.05) is 26.7 Å². The van der Waals surface area contributed by atoms with E-state index in [0.717, 1.165) is 60.6 Å². The Morgan fingerprint density at radius 1 is 1.22 bits per heavy atom. The summed E-state index contributed by atoms with van der Waals surface area (Å²) in [7, 11) is 1.63. The van der Waals surface area contributed by atoms with Crippen molar-refractivity contribution >= 4 is 16.9 Å². The molecule has 1 aliphatic carbocycles. The van der Waals surface area contributed by atoms with Crippen LogP contribution in [-0.2, 0) is 4.79 Å². The van der Waals surface area contributed by atoms with Crippen LogP contribution in [0.1, 0.15) is 63.0 Å². The van der Waals surface area contributed by atoms with Gasteiger partial charge in [0.2, 0.25) is 0 Å².